The zero-order valence-electron chi connectivity index (χ0n) is 15.9. The molecule has 0 aliphatic heterocycles. The van der Waals surface area contributed by atoms with E-state index in [4.69, 9.17) is 4.98 Å². The molecule has 0 atom stereocenters. The lowest BCUT2D eigenvalue weighted by Crippen LogP contribution is -2.26. The SMILES string of the molecule is Cc1cc(Nc2nccc(C3CCC3)n2)cc(-c2cnc(C3CC(O)C3)s2)c1. The first-order valence-corrected chi connectivity index (χ1v) is 10.8. The smallest absolute Gasteiger partial charge is 0.227 e. The Balaban J connectivity index is 1.37. The van der Waals surface area contributed by atoms with E-state index in [1.54, 1.807) is 11.3 Å². The second-order valence-corrected chi connectivity index (χ2v) is 9.09. The Morgan fingerprint density at radius 3 is 2.71 bits per heavy atom. The van der Waals surface area contributed by atoms with Crippen LogP contribution in [0.4, 0.5) is 11.6 Å². The summed E-state index contributed by atoms with van der Waals surface area (Å²) in [6, 6.07) is 8.48. The highest BCUT2D eigenvalue weighted by atomic mass is 32.1. The molecule has 2 aromatic heterocycles. The largest absolute Gasteiger partial charge is 0.393 e. The van der Waals surface area contributed by atoms with E-state index < -0.39 is 0 Å². The Kier molecular flexibility index (Phi) is 4.61. The highest BCUT2D eigenvalue weighted by molar-refractivity contribution is 7.15. The molecule has 3 aromatic rings. The van der Waals surface area contributed by atoms with Gasteiger partial charge >= 0.3 is 0 Å². The minimum atomic E-state index is -0.150. The van der Waals surface area contributed by atoms with E-state index in [1.807, 2.05) is 18.5 Å². The Morgan fingerprint density at radius 1 is 1.11 bits per heavy atom. The van der Waals surface area contributed by atoms with Gasteiger partial charge in [0.1, 0.15) is 0 Å². The highest BCUT2D eigenvalue weighted by Crippen LogP contribution is 2.41. The first-order chi connectivity index (χ1) is 13.6. The van der Waals surface area contributed by atoms with Gasteiger partial charge in [-0.2, -0.15) is 0 Å². The molecule has 5 nitrogen and oxygen atoms in total. The molecule has 2 aliphatic rings. The van der Waals surface area contributed by atoms with Gasteiger partial charge in [0, 0.05) is 35.6 Å². The molecule has 1 aromatic carbocycles. The van der Waals surface area contributed by atoms with Crippen LogP contribution in [0.2, 0.25) is 0 Å². The number of nitrogens with zero attached hydrogens (tertiary/aromatic N) is 3. The number of aliphatic hydroxyl groups is 1. The maximum Gasteiger partial charge on any atom is 0.227 e. The van der Waals surface area contributed by atoms with Gasteiger partial charge in [-0.3, -0.25) is 0 Å². The number of hydrogen-bond donors (Lipinski definition) is 2. The van der Waals surface area contributed by atoms with Crippen molar-refractivity contribution in [1.82, 2.24) is 15.0 Å². The number of thiazole rings is 1. The molecule has 0 amide bonds. The maximum absolute atomic E-state index is 9.55. The fraction of sp³-hybridized carbons (Fsp3) is 0.409. The summed E-state index contributed by atoms with van der Waals surface area (Å²) in [4.78, 5) is 14.9. The van der Waals surface area contributed by atoms with Crippen LogP contribution in [-0.2, 0) is 0 Å². The third-order valence-corrected chi connectivity index (χ3v) is 7.01. The number of benzene rings is 1. The summed E-state index contributed by atoms with van der Waals surface area (Å²) in [5.74, 6) is 1.67. The lowest BCUT2D eigenvalue weighted by atomic mass is 9.83. The van der Waals surface area contributed by atoms with Crippen molar-refractivity contribution in [3.8, 4) is 10.4 Å². The molecule has 28 heavy (non-hydrogen) atoms. The van der Waals surface area contributed by atoms with Crippen molar-refractivity contribution in [1.29, 1.82) is 0 Å². The third kappa shape index (κ3) is 3.54. The molecule has 2 heterocycles. The molecule has 0 saturated heterocycles. The number of aryl methyl sites for hydroxylation is 1. The van der Waals surface area contributed by atoms with Crippen LogP contribution >= 0.6 is 11.3 Å². The standard InChI is InChI=1S/C22H24N4OS/c1-13-7-15(20-12-24-21(28-20)16-10-18(27)11-16)9-17(8-13)25-22-23-6-5-19(26-22)14-3-2-4-14/h5-9,12,14,16,18,27H,2-4,10-11H2,1H3,(H,23,25,26). The molecule has 2 fully saturated rings. The van der Waals surface area contributed by atoms with Crippen molar-refractivity contribution < 1.29 is 5.11 Å². The minimum Gasteiger partial charge on any atom is -0.393 e. The summed E-state index contributed by atoms with van der Waals surface area (Å²) < 4.78 is 0. The summed E-state index contributed by atoms with van der Waals surface area (Å²) >= 11 is 1.73. The lowest BCUT2D eigenvalue weighted by molar-refractivity contribution is 0.0745. The quantitative estimate of drug-likeness (QED) is 0.628. The Hall–Kier alpha value is -2.31. The second kappa shape index (κ2) is 7.26. The molecule has 5 rings (SSSR count). The average molecular weight is 393 g/mol. The Bertz CT molecular complexity index is 992. The summed E-state index contributed by atoms with van der Waals surface area (Å²) in [7, 11) is 0. The normalized spacial score (nSPS) is 21.8. The number of nitrogens with one attached hydrogen (secondary N) is 1. The van der Waals surface area contributed by atoms with E-state index in [9.17, 15) is 5.11 Å². The van der Waals surface area contributed by atoms with Gasteiger partial charge in [0.2, 0.25) is 5.95 Å². The van der Waals surface area contributed by atoms with Gasteiger partial charge in [0.25, 0.3) is 0 Å². The minimum absolute atomic E-state index is 0.150. The Morgan fingerprint density at radius 2 is 1.96 bits per heavy atom. The maximum atomic E-state index is 9.55. The highest BCUT2D eigenvalue weighted by Gasteiger charge is 2.30. The molecule has 0 spiro atoms. The van der Waals surface area contributed by atoms with Crippen molar-refractivity contribution in [3.63, 3.8) is 0 Å². The molecule has 2 N–H and O–H groups in total. The second-order valence-electron chi connectivity index (χ2n) is 8.03. The van der Waals surface area contributed by atoms with Crippen LogP contribution in [0.3, 0.4) is 0 Å². The predicted molar refractivity (Wildman–Crippen MR) is 112 cm³/mol. The molecular weight excluding hydrogens is 368 g/mol. The van der Waals surface area contributed by atoms with Gasteiger partial charge < -0.3 is 10.4 Å². The molecule has 0 radical (unpaired) electrons. The van der Waals surface area contributed by atoms with E-state index in [-0.39, 0.29) is 6.10 Å². The van der Waals surface area contributed by atoms with E-state index >= 15 is 0 Å². The zero-order chi connectivity index (χ0) is 19.1. The van der Waals surface area contributed by atoms with Gasteiger partial charge in [-0.1, -0.05) is 12.5 Å². The number of rotatable bonds is 5. The van der Waals surface area contributed by atoms with Crippen LogP contribution in [0.15, 0.2) is 36.7 Å². The fourth-order valence-corrected chi connectivity index (χ4v) is 4.92. The molecule has 144 valence electrons. The van der Waals surface area contributed by atoms with Gasteiger partial charge in [0.15, 0.2) is 0 Å². The summed E-state index contributed by atoms with van der Waals surface area (Å²) in [6.07, 6.45) is 9.09. The average Bonchev–Trinajstić information content (AvgIpc) is 3.07. The topological polar surface area (TPSA) is 70.9 Å². The van der Waals surface area contributed by atoms with Crippen LogP contribution < -0.4 is 5.32 Å². The van der Waals surface area contributed by atoms with Gasteiger partial charge in [-0.15, -0.1) is 11.3 Å². The zero-order valence-corrected chi connectivity index (χ0v) is 16.7. The first-order valence-electron chi connectivity index (χ1n) is 10.00. The van der Waals surface area contributed by atoms with Crippen molar-refractivity contribution in [2.45, 2.75) is 57.0 Å². The summed E-state index contributed by atoms with van der Waals surface area (Å²) in [5.41, 5.74) is 4.48. The molecule has 0 bridgehead atoms. The van der Waals surface area contributed by atoms with Crippen molar-refractivity contribution in [2.75, 3.05) is 5.32 Å². The predicted octanol–water partition coefficient (Wildman–Crippen LogP) is 5.16. The van der Waals surface area contributed by atoms with Crippen LogP contribution in [0.1, 0.15) is 60.2 Å². The first kappa shape index (κ1) is 17.8. The van der Waals surface area contributed by atoms with Crippen LogP contribution in [-0.4, -0.2) is 26.2 Å². The Labute approximate surface area is 168 Å². The molecular formula is C22H24N4OS. The monoisotopic (exact) mass is 392 g/mol. The van der Waals surface area contributed by atoms with Gasteiger partial charge in [-0.25, -0.2) is 15.0 Å². The van der Waals surface area contributed by atoms with E-state index in [0.29, 0.717) is 17.8 Å². The lowest BCUT2D eigenvalue weighted by Gasteiger charge is -2.29. The van der Waals surface area contributed by atoms with Crippen LogP contribution in [0.25, 0.3) is 10.4 Å². The fourth-order valence-electron chi connectivity index (χ4n) is 3.89. The molecule has 0 unspecified atom stereocenters. The number of aromatic nitrogens is 3. The number of hydrogen-bond acceptors (Lipinski definition) is 6. The van der Waals surface area contributed by atoms with Crippen molar-refractivity contribution >= 4 is 23.0 Å². The van der Waals surface area contributed by atoms with Crippen molar-refractivity contribution in [3.05, 3.63) is 52.9 Å². The summed E-state index contributed by atoms with van der Waals surface area (Å²) in [5, 5.41) is 14.1. The van der Waals surface area contributed by atoms with Crippen molar-refractivity contribution in [2.24, 2.45) is 0 Å². The van der Waals surface area contributed by atoms with E-state index in [1.165, 1.54) is 24.8 Å². The van der Waals surface area contributed by atoms with Crippen LogP contribution in [0, 0.1) is 6.92 Å². The molecule has 2 aliphatic carbocycles. The van der Waals surface area contributed by atoms with Gasteiger partial charge in [0.05, 0.1) is 16.0 Å². The molecule has 2 saturated carbocycles. The third-order valence-electron chi connectivity index (χ3n) is 5.80. The van der Waals surface area contributed by atoms with E-state index in [0.717, 1.165) is 39.7 Å². The van der Waals surface area contributed by atoms with E-state index in [2.05, 4.69) is 40.4 Å². The van der Waals surface area contributed by atoms with Crippen LogP contribution in [0.5, 0.6) is 0 Å². The van der Waals surface area contributed by atoms with Gasteiger partial charge in [-0.05, 0) is 61.9 Å². The molecule has 6 heteroatoms. The number of aliphatic hydroxyl groups excluding tert-OH is 1. The number of anilines is 2. The summed E-state index contributed by atoms with van der Waals surface area (Å²) in [6.45, 7) is 2.10.